The lowest BCUT2D eigenvalue weighted by molar-refractivity contribution is -0.145. The van der Waals surface area contributed by atoms with Crippen molar-refractivity contribution in [3.05, 3.63) is 35.1 Å². The fourth-order valence-electron chi connectivity index (χ4n) is 2.41. The van der Waals surface area contributed by atoms with Gasteiger partial charge < -0.3 is 14.7 Å². The molecule has 0 saturated carbocycles. The molecule has 1 heterocycles. The minimum Gasteiger partial charge on any atom is -0.480 e. The Labute approximate surface area is 122 Å². The molecular weight excluding hydrogens is 277 g/mol. The highest BCUT2D eigenvalue weighted by Gasteiger charge is 2.25. The average Bonchev–Trinajstić information content (AvgIpc) is 2.47. The lowest BCUT2D eigenvalue weighted by atomic mass is 10.0. The van der Waals surface area contributed by atoms with Crippen LogP contribution in [0, 0.1) is 12.7 Å². The molecule has 1 aliphatic rings. The molecule has 1 fully saturated rings. The molecule has 0 radical (unpaired) electrons. The van der Waals surface area contributed by atoms with Gasteiger partial charge in [-0.05, 0) is 37.5 Å². The van der Waals surface area contributed by atoms with Crippen LogP contribution in [0.5, 0.6) is 0 Å². The summed E-state index contributed by atoms with van der Waals surface area (Å²) in [5.41, 5.74) is 1.12. The van der Waals surface area contributed by atoms with Gasteiger partial charge in [0.05, 0.1) is 6.10 Å². The van der Waals surface area contributed by atoms with E-state index in [1.807, 2.05) is 0 Å². The number of amides is 1. The molecule has 1 aliphatic heterocycles. The first kappa shape index (κ1) is 15.4. The number of carbonyl (C=O) groups is 2. The molecule has 5 nitrogen and oxygen atoms in total. The number of benzene rings is 1. The van der Waals surface area contributed by atoms with Gasteiger partial charge in [0.15, 0.2) is 0 Å². The Morgan fingerprint density at radius 1 is 1.38 bits per heavy atom. The number of aryl methyl sites for hydroxylation is 1. The number of nitrogens with zero attached hydrogens (tertiary/aromatic N) is 1. The van der Waals surface area contributed by atoms with Gasteiger partial charge in [-0.2, -0.15) is 0 Å². The van der Waals surface area contributed by atoms with Crippen LogP contribution in [0.2, 0.25) is 0 Å². The van der Waals surface area contributed by atoms with Gasteiger partial charge in [-0.15, -0.1) is 0 Å². The summed E-state index contributed by atoms with van der Waals surface area (Å²) in [6.45, 7) is 2.43. The Balaban J connectivity index is 1.94. The Kier molecular flexibility index (Phi) is 4.90. The van der Waals surface area contributed by atoms with E-state index in [-0.39, 0.29) is 18.6 Å². The van der Waals surface area contributed by atoms with Crippen LogP contribution in [0.1, 0.15) is 28.8 Å². The highest BCUT2D eigenvalue weighted by Crippen LogP contribution is 2.18. The second-order valence-electron chi connectivity index (χ2n) is 5.16. The zero-order valence-corrected chi connectivity index (χ0v) is 11.8. The molecule has 0 aromatic heterocycles. The highest BCUT2D eigenvalue weighted by molar-refractivity contribution is 5.95. The Morgan fingerprint density at radius 3 is 2.67 bits per heavy atom. The van der Waals surface area contributed by atoms with Gasteiger partial charge in [0.1, 0.15) is 12.4 Å². The lowest BCUT2D eigenvalue weighted by Crippen LogP contribution is -2.41. The van der Waals surface area contributed by atoms with Crippen molar-refractivity contribution in [3.8, 4) is 0 Å². The number of ether oxygens (including phenoxy) is 1. The number of piperidine rings is 1. The molecule has 1 saturated heterocycles. The topological polar surface area (TPSA) is 66.8 Å². The summed E-state index contributed by atoms with van der Waals surface area (Å²) >= 11 is 0. The number of likely N-dealkylation sites (tertiary alicyclic amines) is 1. The van der Waals surface area contributed by atoms with Gasteiger partial charge in [0.25, 0.3) is 5.91 Å². The van der Waals surface area contributed by atoms with E-state index in [9.17, 15) is 14.0 Å². The maximum absolute atomic E-state index is 13.3. The Hall–Kier alpha value is -1.95. The lowest BCUT2D eigenvalue weighted by Gasteiger charge is -2.32. The Morgan fingerprint density at radius 2 is 2.05 bits per heavy atom. The van der Waals surface area contributed by atoms with E-state index in [1.165, 1.54) is 12.1 Å². The fourth-order valence-corrected chi connectivity index (χ4v) is 2.41. The van der Waals surface area contributed by atoms with E-state index in [2.05, 4.69) is 0 Å². The van der Waals surface area contributed by atoms with Crippen LogP contribution in [-0.4, -0.2) is 47.7 Å². The second kappa shape index (κ2) is 6.67. The number of rotatable bonds is 4. The minimum atomic E-state index is -0.996. The summed E-state index contributed by atoms with van der Waals surface area (Å²) in [4.78, 5) is 24.5. The SMILES string of the molecule is Cc1ccc(F)cc1C(=O)N1CCC(OCC(=O)O)CC1. The van der Waals surface area contributed by atoms with Crippen LogP contribution >= 0.6 is 0 Å². The maximum atomic E-state index is 13.3. The molecule has 0 aliphatic carbocycles. The normalized spacial score (nSPS) is 16.0. The van der Waals surface area contributed by atoms with Crippen molar-refractivity contribution >= 4 is 11.9 Å². The average molecular weight is 295 g/mol. The third-order valence-corrected chi connectivity index (χ3v) is 3.60. The van der Waals surface area contributed by atoms with Gasteiger partial charge >= 0.3 is 5.97 Å². The van der Waals surface area contributed by atoms with Crippen LogP contribution in [0.4, 0.5) is 4.39 Å². The quantitative estimate of drug-likeness (QED) is 0.920. The van der Waals surface area contributed by atoms with Crippen molar-refractivity contribution in [2.24, 2.45) is 0 Å². The fraction of sp³-hybridized carbons (Fsp3) is 0.467. The van der Waals surface area contributed by atoms with Gasteiger partial charge in [0, 0.05) is 18.7 Å². The molecule has 0 bridgehead atoms. The summed E-state index contributed by atoms with van der Waals surface area (Å²) in [6, 6.07) is 4.17. The van der Waals surface area contributed by atoms with E-state index in [0.29, 0.717) is 31.5 Å². The van der Waals surface area contributed by atoms with Crippen molar-refractivity contribution < 1.29 is 23.8 Å². The number of hydrogen-bond acceptors (Lipinski definition) is 3. The molecule has 0 spiro atoms. The van der Waals surface area contributed by atoms with Crippen molar-refractivity contribution in [1.82, 2.24) is 4.90 Å². The van der Waals surface area contributed by atoms with Gasteiger partial charge in [-0.25, -0.2) is 9.18 Å². The molecule has 114 valence electrons. The van der Waals surface area contributed by atoms with Gasteiger partial charge in [-0.3, -0.25) is 4.79 Å². The smallest absolute Gasteiger partial charge is 0.329 e. The number of aliphatic carboxylic acids is 1. The van der Waals surface area contributed by atoms with Crippen molar-refractivity contribution in [3.63, 3.8) is 0 Å². The van der Waals surface area contributed by atoms with Crippen LogP contribution in [0.3, 0.4) is 0 Å². The molecule has 1 amide bonds. The zero-order chi connectivity index (χ0) is 15.4. The number of carboxylic acids is 1. The first-order chi connectivity index (χ1) is 9.97. The summed E-state index contributed by atoms with van der Waals surface area (Å²) in [5, 5.41) is 8.56. The predicted molar refractivity (Wildman–Crippen MR) is 73.7 cm³/mol. The Bertz CT molecular complexity index is 538. The van der Waals surface area contributed by atoms with Crippen LogP contribution in [0.15, 0.2) is 18.2 Å². The van der Waals surface area contributed by atoms with Crippen LogP contribution in [-0.2, 0) is 9.53 Å². The van der Waals surface area contributed by atoms with E-state index >= 15 is 0 Å². The van der Waals surface area contributed by atoms with E-state index in [4.69, 9.17) is 9.84 Å². The van der Waals surface area contributed by atoms with E-state index < -0.39 is 11.8 Å². The number of halogens is 1. The molecule has 21 heavy (non-hydrogen) atoms. The number of hydrogen-bond donors (Lipinski definition) is 1. The number of carboxylic acid groups (broad SMARTS) is 1. The highest BCUT2D eigenvalue weighted by atomic mass is 19.1. The van der Waals surface area contributed by atoms with E-state index in [0.717, 1.165) is 5.56 Å². The molecule has 1 N–H and O–H groups in total. The first-order valence-electron chi connectivity index (χ1n) is 6.86. The molecule has 0 unspecified atom stereocenters. The molecular formula is C15H18FNO4. The minimum absolute atomic E-state index is 0.140. The summed E-state index contributed by atoms with van der Waals surface area (Å²) < 4.78 is 18.5. The summed E-state index contributed by atoms with van der Waals surface area (Å²) in [6.07, 6.45) is 1.04. The molecule has 1 aromatic carbocycles. The van der Waals surface area contributed by atoms with Crippen molar-refractivity contribution in [2.75, 3.05) is 19.7 Å². The third kappa shape index (κ3) is 4.01. The third-order valence-electron chi connectivity index (χ3n) is 3.60. The summed E-state index contributed by atoms with van der Waals surface area (Å²) in [7, 11) is 0. The predicted octanol–water partition coefficient (Wildman–Crippen LogP) is 1.84. The zero-order valence-electron chi connectivity index (χ0n) is 11.8. The van der Waals surface area contributed by atoms with Crippen molar-refractivity contribution in [1.29, 1.82) is 0 Å². The molecule has 2 rings (SSSR count). The monoisotopic (exact) mass is 295 g/mol. The van der Waals surface area contributed by atoms with Crippen molar-refractivity contribution in [2.45, 2.75) is 25.9 Å². The summed E-state index contributed by atoms with van der Waals surface area (Å²) in [5.74, 6) is -1.61. The maximum Gasteiger partial charge on any atom is 0.329 e. The first-order valence-corrected chi connectivity index (χ1v) is 6.86. The molecule has 1 aromatic rings. The van der Waals surface area contributed by atoms with Gasteiger partial charge in [0.2, 0.25) is 0 Å². The van der Waals surface area contributed by atoms with Crippen LogP contribution < -0.4 is 0 Å². The standard InChI is InChI=1S/C15H18FNO4/c1-10-2-3-11(16)8-13(10)15(20)17-6-4-12(5-7-17)21-9-14(18)19/h2-3,8,12H,4-7,9H2,1H3,(H,18,19). The number of carbonyl (C=O) groups excluding carboxylic acids is 1. The molecule has 0 atom stereocenters. The van der Waals surface area contributed by atoms with E-state index in [1.54, 1.807) is 17.9 Å². The molecule has 6 heteroatoms. The van der Waals surface area contributed by atoms with Gasteiger partial charge in [-0.1, -0.05) is 6.07 Å². The largest absolute Gasteiger partial charge is 0.480 e. The van der Waals surface area contributed by atoms with Crippen LogP contribution in [0.25, 0.3) is 0 Å². The second-order valence-corrected chi connectivity index (χ2v) is 5.16.